The fourth-order valence-corrected chi connectivity index (χ4v) is 19.7. The SMILES string of the molecule is Cc1ncsc1-c1ccc([C@H](C)NC(=O)[C@@H]2C[C@@H](O)CN2C(=O)[C@@H](NC(=O)CCCCCCC(=O)N2CCN(C[C@]3(C)CCC(c4ccc(Cl)cc4)=C(CN4CCN(c5ccc(C(=O)NS(=O)(=O)c6ccc(N[C@H](CCN7CC8CCC7C8)CSc7ccccc7)c([N+](=O)[O-])c6)cc5)CC4)C3)CC2)C(C)(C)C)cc1. The highest BCUT2D eigenvalue weighted by Crippen LogP contribution is 2.45. The third kappa shape index (κ3) is 21.1. The van der Waals surface area contributed by atoms with E-state index in [-0.39, 0.29) is 76.4 Å². The van der Waals surface area contributed by atoms with Gasteiger partial charge in [-0.3, -0.25) is 43.9 Å². The van der Waals surface area contributed by atoms with Crippen molar-refractivity contribution in [2.75, 3.05) is 101 Å². The van der Waals surface area contributed by atoms with Crippen LogP contribution in [-0.2, 0) is 29.2 Å². The van der Waals surface area contributed by atoms with Crippen LogP contribution in [-0.4, -0.2) is 199 Å². The number of β-amino-alcohol motifs (C(OH)–C–C–N with tert-alkyl or cyclic N) is 1. The van der Waals surface area contributed by atoms with E-state index in [1.165, 1.54) is 53.0 Å². The third-order valence-corrected chi connectivity index (χ3v) is 26.7. The number of halogens is 1. The number of amides is 5. The number of thioether (sulfide) groups is 1. The van der Waals surface area contributed by atoms with Crippen molar-refractivity contribution in [2.24, 2.45) is 16.7 Å². The van der Waals surface area contributed by atoms with Gasteiger partial charge in [-0.05, 0) is 171 Å². The van der Waals surface area contributed by atoms with Crippen molar-refractivity contribution in [1.82, 2.24) is 44.8 Å². The molecule has 26 heteroatoms. The van der Waals surface area contributed by atoms with Gasteiger partial charge in [0.15, 0.2) is 0 Å². The summed E-state index contributed by atoms with van der Waals surface area (Å²) >= 11 is 9.66. The zero-order valence-electron chi connectivity index (χ0n) is 63.8. The number of nitrogens with one attached hydrogen (secondary N) is 4. The van der Waals surface area contributed by atoms with E-state index < -0.39 is 50.4 Å². The first-order chi connectivity index (χ1) is 52.2. The van der Waals surface area contributed by atoms with Gasteiger partial charge in [0.2, 0.25) is 23.6 Å². The van der Waals surface area contributed by atoms with E-state index in [0.717, 1.165) is 148 Å². The number of rotatable bonds is 31. The number of anilines is 2. The van der Waals surface area contributed by atoms with Crippen molar-refractivity contribution in [2.45, 2.75) is 178 Å². The monoisotopic (exact) mass is 1560 g/mol. The van der Waals surface area contributed by atoms with Gasteiger partial charge in [-0.15, -0.1) is 23.1 Å². The number of sulfonamides is 1. The summed E-state index contributed by atoms with van der Waals surface area (Å²) in [6.07, 6.45) is 10.1. The Kier molecular flexibility index (Phi) is 26.8. The fourth-order valence-electron chi connectivity index (χ4n) is 16.8. The summed E-state index contributed by atoms with van der Waals surface area (Å²) in [6, 6.07) is 35.1. The molecule has 5 amide bonds. The fraction of sp³-hybridized carbons (Fsp3) is 0.518. The lowest BCUT2D eigenvalue weighted by Crippen LogP contribution is -2.57. The Balaban J connectivity index is 0.568. The number of aromatic nitrogens is 1. The smallest absolute Gasteiger partial charge is 0.293 e. The number of nitrogens with zero attached hydrogens (tertiary/aromatic N) is 8. The number of thiazole rings is 1. The van der Waals surface area contributed by atoms with E-state index in [1.54, 1.807) is 35.2 Å². The van der Waals surface area contributed by atoms with Crippen LogP contribution in [0.2, 0.25) is 5.02 Å². The molecule has 6 aliphatic rings. The average molecular weight is 1560 g/mol. The minimum absolute atomic E-state index is 0.00790. The molecular weight excluding hydrogens is 1460 g/mol. The summed E-state index contributed by atoms with van der Waals surface area (Å²) in [6.45, 7) is 21.6. The van der Waals surface area contributed by atoms with Gasteiger partial charge in [0.05, 0.1) is 38.0 Å². The molecule has 584 valence electrons. The third-order valence-electron chi connectivity index (χ3n) is 23.0. The van der Waals surface area contributed by atoms with Gasteiger partial charge < -0.3 is 40.7 Å². The van der Waals surface area contributed by atoms with E-state index in [1.807, 2.05) is 124 Å². The van der Waals surface area contributed by atoms with E-state index in [0.29, 0.717) is 49.2 Å². The number of unbranched alkanes of at least 4 members (excludes halogenated alkanes) is 3. The van der Waals surface area contributed by atoms with Crippen LogP contribution in [0.15, 0.2) is 142 Å². The van der Waals surface area contributed by atoms with Gasteiger partial charge >= 0.3 is 0 Å². The second-order valence-corrected chi connectivity index (χ2v) is 36.4. The molecule has 1 aromatic heterocycles. The molecule has 0 spiro atoms. The molecule has 5 aromatic carbocycles. The minimum atomic E-state index is -4.50. The van der Waals surface area contributed by atoms with Crippen LogP contribution in [0.3, 0.4) is 0 Å². The van der Waals surface area contributed by atoms with E-state index >= 15 is 0 Å². The summed E-state index contributed by atoms with van der Waals surface area (Å²) in [5, 5.41) is 33.5. The number of aliphatic hydroxyl groups is 1. The highest BCUT2D eigenvalue weighted by atomic mass is 35.5. The van der Waals surface area contributed by atoms with Crippen molar-refractivity contribution in [3.05, 3.63) is 170 Å². The molecule has 0 radical (unpaired) electrons. The van der Waals surface area contributed by atoms with Gasteiger partial charge in [-0.25, -0.2) is 18.1 Å². The lowest BCUT2D eigenvalue weighted by molar-refractivity contribution is -0.384. The summed E-state index contributed by atoms with van der Waals surface area (Å²) in [5.41, 5.74) is 8.93. The number of hydrogen-bond donors (Lipinski definition) is 5. The standard InChI is InChI=1S/C83H107ClN12O10S3/c1-56(59-19-21-61(22-20-59)77-57(2)85-55-108-77)86-80(101)74-47-68(97)52-95(74)81(102)78(82(3,4)5)88-75(98)16-12-7-8-13-17-76(99)93-44-40-91(41-45-93)54-83(6)36-34-71(60-23-27-64(84)28-24-60)63(49-83)51-90-38-42-92(43-39-90)66-30-25-62(26-31-66)79(100)89-109(105,106)70-32-33-72(73(48-70)96(103)104)87-65(53-107-69-14-10-9-11-15-69)35-37-94-50-58-18-29-67(94)46-58/h9-11,14-15,19-28,30-33,48,55-56,58,65,67-68,74,78,87,97H,7-8,12-13,16-18,29,34-47,49-54H2,1-6H3,(H,86,101)(H,88,98)(H,89,100)/t56-,58?,65+,67?,68+,74-,78+,83+/m0/s1. The van der Waals surface area contributed by atoms with Crippen molar-refractivity contribution in [3.8, 4) is 10.4 Å². The van der Waals surface area contributed by atoms with Crippen LogP contribution < -0.4 is 25.6 Å². The van der Waals surface area contributed by atoms with Crippen LogP contribution in [0.5, 0.6) is 0 Å². The van der Waals surface area contributed by atoms with Gasteiger partial charge in [-0.1, -0.05) is 112 Å². The zero-order valence-corrected chi connectivity index (χ0v) is 67.0. The number of piperazine rings is 2. The largest absolute Gasteiger partial charge is 0.391 e. The Morgan fingerprint density at radius 2 is 1.51 bits per heavy atom. The maximum atomic E-state index is 14.3. The molecule has 4 aliphatic heterocycles. The van der Waals surface area contributed by atoms with Crippen LogP contribution in [0, 0.1) is 33.8 Å². The maximum absolute atomic E-state index is 14.3. The Bertz CT molecular complexity index is 4320. The van der Waals surface area contributed by atoms with Gasteiger partial charge in [0.1, 0.15) is 17.8 Å². The first-order valence-electron chi connectivity index (χ1n) is 38.9. The molecule has 5 heterocycles. The predicted molar refractivity (Wildman–Crippen MR) is 432 cm³/mol. The molecule has 12 rings (SSSR count). The highest BCUT2D eigenvalue weighted by Gasteiger charge is 2.45. The Morgan fingerprint density at radius 3 is 2.17 bits per heavy atom. The van der Waals surface area contributed by atoms with Crippen molar-refractivity contribution in [3.63, 3.8) is 0 Å². The van der Waals surface area contributed by atoms with Gasteiger partial charge in [0, 0.05) is 149 Å². The summed E-state index contributed by atoms with van der Waals surface area (Å²) in [4.78, 5) is 100. The molecule has 8 atom stereocenters. The lowest BCUT2D eigenvalue weighted by atomic mass is 9.71. The van der Waals surface area contributed by atoms with E-state index in [2.05, 4.69) is 64.3 Å². The number of fused-ring (bicyclic) bond motifs is 2. The maximum Gasteiger partial charge on any atom is 0.293 e. The van der Waals surface area contributed by atoms with Crippen LogP contribution in [0.1, 0.15) is 158 Å². The molecule has 109 heavy (non-hydrogen) atoms. The molecule has 2 unspecified atom stereocenters. The number of likely N-dealkylation sites (tertiary alicyclic amines) is 2. The molecule has 4 saturated heterocycles. The first kappa shape index (κ1) is 80.8. The number of carbonyl (C=O) groups is 5. The number of piperidine rings is 1. The van der Waals surface area contributed by atoms with Crippen molar-refractivity contribution in [1.29, 1.82) is 0 Å². The van der Waals surface area contributed by atoms with Gasteiger partial charge in [0.25, 0.3) is 21.6 Å². The lowest BCUT2D eigenvalue weighted by Gasteiger charge is -2.44. The molecule has 5 fully saturated rings. The quantitative estimate of drug-likeness (QED) is 0.0117. The molecule has 2 bridgehead atoms. The normalized spacial score (nSPS) is 21.6. The second-order valence-electron chi connectivity index (χ2n) is 32.3. The van der Waals surface area contributed by atoms with Crippen LogP contribution >= 0.6 is 34.7 Å². The van der Waals surface area contributed by atoms with E-state index in [9.17, 15) is 47.6 Å². The summed E-state index contributed by atoms with van der Waals surface area (Å²) in [5.74, 6) is -0.306. The number of allylic oxidation sites excluding steroid dienone is 1. The first-order valence-corrected chi connectivity index (χ1v) is 42.6. The van der Waals surface area contributed by atoms with Crippen molar-refractivity contribution < 1.29 is 42.4 Å². The zero-order chi connectivity index (χ0) is 77.2. The number of hydrogen-bond acceptors (Lipinski definition) is 18. The molecule has 5 N–H and O–H groups in total. The van der Waals surface area contributed by atoms with Crippen molar-refractivity contribution >= 4 is 96.9 Å². The Hall–Kier alpha value is -7.75. The average Bonchev–Trinajstić information content (AvgIpc) is 1.46. The number of aliphatic hydroxyl groups excluding tert-OH is 1. The number of benzene rings is 5. The molecule has 6 aromatic rings. The topological polar surface area (TPSA) is 263 Å². The number of aryl methyl sites for hydroxylation is 1. The highest BCUT2D eigenvalue weighted by molar-refractivity contribution is 7.99. The Labute approximate surface area is 655 Å². The number of nitro benzene ring substituents is 1. The second kappa shape index (κ2) is 36.2. The Morgan fingerprint density at radius 1 is 0.817 bits per heavy atom. The molecular formula is C83H107ClN12O10S3. The molecule has 1 saturated carbocycles. The number of nitro groups is 1. The molecule has 2 aliphatic carbocycles. The molecule has 22 nitrogen and oxygen atoms in total. The van der Waals surface area contributed by atoms with Crippen LogP contribution in [0.4, 0.5) is 17.1 Å². The van der Waals surface area contributed by atoms with Gasteiger partial charge in [-0.2, -0.15) is 0 Å². The summed E-state index contributed by atoms with van der Waals surface area (Å²) in [7, 11) is -4.50. The predicted octanol–water partition coefficient (Wildman–Crippen LogP) is 12.9. The van der Waals surface area contributed by atoms with Crippen LogP contribution in [0.25, 0.3) is 16.0 Å². The number of carbonyl (C=O) groups excluding carboxylic acids is 5. The summed E-state index contributed by atoms with van der Waals surface area (Å²) < 4.78 is 29.7. The van der Waals surface area contributed by atoms with E-state index in [4.69, 9.17) is 11.6 Å². The minimum Gasteiger partial charge on any atom is -0.391 e.